The van der Waals surface area contributed by atoms with Crippen molar-refractivity contribution in [1.29, 1.82) is 0 Å². The lowest BCUT2D eigenvalue weighted by molar-refractivity contribution is -0.0145. The highest BCUT2D eigenvalue weighted by atomic mass is 16.5. The zero-order valence-corrected chi connectivity index (χ0v) is 19.6. The second-order valence-electron chi connectivity index (χ2n) is 10.6. The number of benzene rings is 1. The first-order valence-corrected chi connectivity index (χ1v) is 12.4. The third kappa shape index (κ3) is 4.87. The Morgan fingerprint density at radius 3 is 2.68 bits per heavy atom. The van der Waals surface area contributed by atoms with Crippen molar-refractivity contribution in [1.82, 2.24) is 10.2 Å². The molecule has 2 heterocycles. The van der Waals surface area contributed by atoms with Gasteiger partial charge in [-0.2, -0.15) is 0 Å². The number of carbonyl (C=O) groups excluding carboxylic acids is 1. The average Bonchev–Trinajstić information content (AvgIpc) is 2.99. The molecule has 1 saturated heterocycles. The molecule has 0 bridgehead atoms. The Bertz CT molecular complexity index is 783. The van der Waals surface area contributed by atoms with Crippen LogP contribution in [0.3, 0.4) is 0 Å². The highest BCUT2D eigenvalue weighted by Gasteiger charge is 2.47. The molecule has 4 rings (SSSR count). The predicted molar refractivity (Wildman–Crippen MR) is 124 cm³/mol. The van der Waals surface area contributed by atoms with E-state index < -0.39 is 0 Å². The molecule has 2 aliphatic heterocycles. The minimum absolute atomic E-state index is 0.127. The number of carbonyl (C=O) groups is 1. The largest absolute Gasteiger partial charge is 0.507 e. The van der Waals surface area contributed by atoms with Gasteiger partial charge in [0, 0.05) is 18.0 Å². The van der Waals surface area contributed by atoms with E-state index in [0.717, 1.165) is 37.1 Å². The lowest BCUT2D eigenvalue weighted by Crippen LogP contribution is -2.46. The van der Waals surface area contributed by atoms with Crippen LogP contribution in [0.15, 0.2) is 12.1 Å². The van der Waals surface area contributed by atoms with E-state index in [-0.39, 0.29) is 23.2 Å². The summed E-state index contributed by atoms with van der Waals surface area (Å²) in [5.41, 5.74) is 0.989. The maximum Gasteiger partial charge on any atom is 0.255 e. The number of hydrogen-bond donors (Lipinski definition) is 2. The SMILES string of the molecule is C[C@@H]1CC[C@@H]2[C@@H](C1)c1c(ccc(C(=O)NCCCN3CCCCCC3)c1O)OC2(C)C. The van der Waals surface area contributed by atoms with E-state index in [1.807, 2.05) is 6.07 Å². The maximum absolute atomic E-state index is 12.9. The van der Waals surface area contributed by atoms with Gasteiger partial charge in [0.15, 0.2) is 0 Å². The highest BCUT2D eigenvalue weighted by Crippen LogP contribution is 2.55. The number of phenolic OH excluding ortho intramolecular Hbond substituents is 1. The smallest absolute Gasteiger partial charge is 0.255 e. The molecule has 2 fully saturated rings. The van der Waals surface area contributed by atoms with Gasteiger partial charge >= 0.3 is 0 Å². The fraction of sp³-hybridized carbons (Fsp3) is 0.731. The molecular formula is C26H40N2O3. The molecule has 3 aliphatic rings. The number of ether oxygens (including phenoxy) is 1. The van der Waals surface area contributed by atoms with Crippen molar-refractivity contribution in [3.05, 3.63) is 23.3 Å². The molecule has 172 valence electrons. The van der Waals surface area contributed by atoms with E-state index in [0.29, 0.717) is 23.9 Å². The van der Waals surface area contributed by atoms with Gasteiger partial charge in [0.05, 0.1) is 5.56 Å². The number of hydrogen-bond acceptors (Lipinski definition) is 4. The van der Waals surface area contributed by atoms with Crippen LogP contribution in [0, 0.1) is 11.8 Å². The molecule has 5 nitrogen and oxygen atoms in total. The number of nitrogens with one attached hydrogen (secondary N) is 1. The lowest BCUT2D eigenvalue weighted by atomic mass is 9.64. The molecule has 0 radical (unpaired) electrons. The van der Waals surface area contributed by atoms with Crippen molar-refractivity contribution < 1.29 is 14.6 Å². The summed E-state index contributed by atoms with van der Waals surface area (Å²) in [7, 11) is 0. The van der Waals surface area contributed by atoms with Crippen LogP contribution < -0.4 is 10.1 Å². The van der Waals surface area contributed by atoms with Crippen molar-refractivity contribution in [2.75, 3.05) is 26.2 Å². The second kappa shape index (κ2) is 9.40. The average molecular weight is 429 g/mol. The number of aromatic hydroxyl groups is 1. The lowest BCUT2D eigenvalue weighted by Gasteiger charge is -2.48. The van der Waals surface area contributed by atoms with Crippen LogP contribution in [0.2, 0.25) is 0 Å². The van der Waals surface area contributed by atoms with E-state index in [2.05, 4.69) is 31.0 Å². The predicted octanol–water partition coefficient (Wildman–Crippen LogP) is 5.08. The Balaban J connectivity index is 1.43. The van der Waals surface area contributed by atoms with Crippen LogP contribution in [0.25, 0.3) is 0 Å². The highest BCUT2D eigenvalue weighted by molar-refractivity contribution is 5.97. The Labute approximate surface area is 187 Å². The molecule has 1 saturated carbocycles. The summed E-state index contributed by atoms with van der Waals surface area (Å²) >= 11 is 0. The fourth-order valence-corrected chi connectivity index (χ4v) is 6.07. The van der Waals surface area contributed by atoms with Crippen molar-refractivity contribution >= 4 is 5.91 Å². The van der Waals surface area contributed by atoms with Gasteiger partial charge < -0.3 is 20.1 Å². The third-order valence-corrected chi connectivity index (χ3v) is 7.81. The van der Waals surface area contributed by atoms with Gasteiger partial charge in [-0.1, -0.05) is 26.2 Å². The van der Waals surface area contributed by atoms with Crippen LogP contribution in [0.4, 0.5) is 0 Å². The van der Waals surface area contributed by atoms with Crippen molar-refractivity contribution in [2.45, 2.75) is 83.7 Å². The molecule has 1 aromatic rings. The summed E-state index contributed by atoms with van der Waals surface area (Å²) in [6, 6.07) is 3.61. The van der Waals surface area contributed by atoms with Gasteiger partial charge in [-0.3, -0.25) is 4.79 Å². The van der Waals surface area contributed by atoms with Crippen molar-refractivity contribution in [3.63, 3.8) is 0 Å². The summed E-state index contributed by atoms with van der Waals surface area (Å²) in [4.78, 5) is 15.4. The summed E-state index contributed by atoms with van der Waals surface area (Å²) in [6.07, 6.45) is 9.53. The molecule has 1 amide bonds. The summed E-state index contributed by atoms with van der Waals surface area (Å²) in [5, 5.41) is 14.2. The van der Waals surface area contributed by atoms with E-state index in [1.54, 1.807) is 6.07 Å². The quantitative estimate of drug-likeness (QED) is 0.642. The molecule has 1 aromatic carbocycles. The zero-order chi connectivity index (χ0) is 22.0. The van der Waals surface area contributed by atoms with Crippen LogP contribution >= 0.6 is 0 Å². The topological polar surface area (TPSA) is 61.8 Å². The van der Waals surface area contributed by atoms with Crippen LogP contribution in [0.1, 0.15) is 94.0 Å². The molecule has 0 spiro atoms. The van der Waals surface area contributed by atoms with Gasteiger partial charge in [0.1, 0.15) is 17.1 Å². The first-order chi connectivity index (χ1) is 14.9. The molecule has 2 N–H and O–H groups in total. The molecule has 1 aliphatic carbocycles. The molecule has 3 atom stereocenters. The first-order valence-electron chi connectivity index (χ1n) is 12.4. The van der Waals surface area contributed by atoms with E-state index in [9.17, 15) is 9.90 Å². The number of amides is 1. The Kier molecular flexibility index (Phi) is 6.80. The normalized spacial score (nSPS) is 28.0. The molecular weight excluding hydrogens is 388 g/mol. The van der Waals surface area contributed by atoms with E-state index >= 15 is 0 Å². The van der Waals surface area contributed by atoms with Crippen molar-refractivity contribution in [2.24, 2.45) is 11.8 Å². The minimum Gasteiger partial charge on any atom is -0.507 e. The van der Waals surface area contributed by atoms with Gasteiger partial charge in [0.2, 0.25) is 0 Å². The summed E-state index contributed by atoms with van der Waals surface area (Å²) < 4.78 is 6.32. The molecule has 5 heteroatoms. The van der Waals surface area contributed by atoms with Crippen molar-refractivity contribution in [3.8, 4) is 11.5 Å². The standard InChI is InChI=1S/C26H40N2O3/c1-18-9-11-21-20(17-18)23-22(31-26(21,2)3)12-10-19(24(23)29)25(30)27-13-8-16-28-14-6-4-5-7-15-28/h10,12,18,20-21,29H,4-9,11,13-17H2,1-3H3,(H,27,30)/t18-,20-,21-/m1/s1. The van der Waals surface area contributed by atoms with Gasteiger partial charge in [-0.25, -0.2) is 0 Å². The Hall–Kier alpha value is -1.75. The number of likely N-dealkylation sites (tertiary alicyclic amines) is 1. The number of nitrogens with zero attached hydrogens (tertiary/aromatic N) is 1. The van der Waals surface area contributed by atoms with Crippen LogP contribution in [0.5, 0.6) is 11.5 Å². The molecule has 0 unspecified atom stereocenters. The Morgan fingerprint density at radius 2 is 1.94 bits per heavy atom. The van der Waals surface area contributed by atoms with Crippen LogP contribution in [-0.2, 0) is 0 Å². The molecule has 31 heavy (non-hydrogen) atoms. The monoisotopic (exact) mass is 428 g/mol. The van der Waals surface area contributed by atoms with Gasteiger partial charge in [-0.15, -0.1) is 0 Å². The second-order valence-corrected chi connectivity index (χ2v) is 10.6. The number of fused-ring (bicyclic) bond motifs is 3. The van der Waals surface area contributed by atoms with E-state index in [4.69, 9.17) is 4.74 Å². The number of rotatable bonds is 5. The fourth-order valence-electron chi connectivity index (χ4n) is 6.07. The number of phenols is 1. The third-order valence-electron chi connectivity index (χ3n) is 7.81. The minimum atomic E-state index is -0.249. The zero-order valence-electron chi connectivity index (χ0n) is 19.6. The van der Waals surface area contributed by atoms with Crippen LogP contribution in [-0.4, -0.2) is 47.7 Å². The maximum atomic E-state index is 12.9. The van der Waals surface area contributed by atoms with E-state index in [1.165, 1.54) is 45.2 Å². The van der Waals surface area contributed by atoms with Gasteiger partial charge in [-0.05, 0) is 89.6 Å². The summed E-state index contributed by atoms with van der Waals surface area (Å²) in [5.74, 6) is 1.94. The first kappa shape index (κ1) is 22.4. The molecule has 0 aromatic heterocycles. The summed E-state index contributed by atoms with van der Waals surface area (Å²) in [6.45, 7) is 10.6. The Morgan fingerprint density at radius 1 is 1.19 bits per heavy atom. The van der Waals surface area contributed by atoms with Gasteiger partial charge in [0.25, 0.3) is 5.91 Å².